The smallest absolute Gasteiger partial charge is 0.139 e. The van der Waals surface area contributed by atoms with Crippen LogP contribution < -0.4 is 11.3 Å². The molecule has 1 aromatic heterocycles. The lowest BCUT2D eigenvalue weighted by Gasteiger charge is -2.04. The molecule has 18 heavy (non-hydrogen) atoms. The first-order chi connectivity index (χ1) is 8.69. The average molecular weight is 267 g/mol. The zero-order valence-electron chi connectivity index (χ0n) is 9.36. The first kappa shape index (κ1) is 12.8. The summed E-state index contributed by atoms with van der Waals surface area (Å²) in [4.78, 5) is 4.32. The zero-order valence-corrected chi connectivity index (χ0v) is 10.2. The maximum Gasteiger partial charge on any atom is 0.139 e. The van der Waals surface area contributed by atoms with Crippen molar-refractivity contribution in [1.29, 1.82) is 0 Å². The highest BCUT2D eigenvalue weighted by Crippen LogP contribution is 2.26. The number of nitrogens with one attached hydrogen (secondary N) is 1. The minimum atomic E-state index is -0.445. The Bertz CT molecular complexity index is 531. The highest BCUT2D eigenvalue weighted by atomic mass is 32.2. The molecule has 0 bridgehead atoms. The molecule has 0 atom stereocenters. The second-order valence-corrected chi connectivity index (χ2v) is 4.58. The van der Waals surface area contributed by atoms with E-state index in [1.54, 1.807) is 12.3 Å². The maximum absolute atomic E-state index is 13.4. The number of rotatable bonds is 4. The van der Waals surface area contributed by atoms with Crippen LogP contribution in [0, 0.1) is 11.6 Å². The first-order valence-electron chi connectivity index (χ1n) is 5.18. The summed E-state index contributed by atoms with van der Waals surface area (Å²) in [6.07, 6.45) is 1.64. The maximum atomic E-state index is 13.4. The Kier molecular flexibility index (Phi) is 4.11. The van der Waals surface area contributed by atoms with Gasteiger partial charge in [-0.05, 0) is 29.8 Å². The van der Waals surface area contributed by atoms with Crippen LogP contribution in [0.25, 0.3) is 0 Å². The van der Waals surface area contributed by atoms with Crippen molar-refractivity contribution in [1.82, 2.24) is 4.98 Å². The third kappa shape index (κ3) is 3.18. The number of nitrogen functional groups attached to an aromatic ring is 1. The predicted molar refractivity (Wildman–Crippen MR) is 68.0 cm³/mol. The highest BCUT2D eigenvalue weighted by molar-refractivity contribution is 7.98. The van der Waals surface area contributed by atoms with Gasteiger partial charge in [-0.3, -0.25) is 0 Å². The summed E-state index contributed by atoms with van der Waals surface area (Å²) in [6, 6.07) is 6.95. The van der Waals surface area contributed by atoms with Crippen LogP contribution in [-0.2, 0) is 5.75 Å². The molecule has 0 unspecified atom stereocenters. The molecule has 2 aromatic rings. The molecule has 6 heteroatoms. The van der Waals surface area contributed by atoms with E-state index in [4.69, 9.17) is 5.84 Å². The van der Waals surface area contributed by atoms with Gasteiger partial charge in [-0.1, -0.05) is 6.07 Å². The normalized spacial score (nSPS) is 10.4. The quantitative estimate of drug-likeness (QED) is 0.508. The predicted octanol–water partition coefficient (Wildman–Crippen LogP) is 2.94. The van der Waals surface area contributed by atoms with Crippen molar-refractivity contribution in [3.63, 3.8) is 0 Å². The third-order valence-corrected chi connectivity index (χ3v) is 3.36. The monoisotopic (exact) mass is 267 g/mol. The number of anilines is 1. The number of benzene rings is 1. The number of aromatic nitrogens is 1. The second kappa shape index (κ2) is 5.79. The first-order valence-corrected chi connectivity index (χ1v) is 6.17. The van der Waals surface area contributed by atoms with Crippen LogP contribution in [0.4, 0.5) is 14.6 Å². The Labute approximate surface area is 107 Å². The van der Waals surface area contributed by atoms with Crippen LogP contribution >= 0.6 is 11.8 Å². The van der Waals surface area contributed by atoms with Gasteiger partial charge in [0.05, 0.1) is 0 Å². The fraction of sp³-hybridized carbons (Fsp3) is 0.0833. The van der Waals surface area contributed by atoms with Crippen molar-refractivity contribution in [2.75, 3.05) is 5.43 Å². The zero-order chi connectivity index (χ0) is 13.0. The molecule has 0 aliphatic carbocycles. The third-order valence-electron chi connectivity index (χ3n) is 2.26. The van der Waals surface area contributed by atoms with Gasteiger partial charge >= 0.3 is 0 Å². The number of thioether (sulfide) groups is 1. The molecule has 3 nitrogen and oxygen atoms in total. The summed E-state index contributed by atoms with van der Waals surface area (Å²) < 4.78 is 26.3. The van der Waals surface area contributed by atoms with Gasteiger partial charge in [0, 0.05) is 16.8 Å². The van der Waals surface area contributed by atoms with Gasteiger partial charge in [-0.25, -0.2) is 19.6 Å². The number of hydrogen-bond donors (Lipinski definition) is 2. The Balaban J connectivity index is 2.04. The molecule has 0 radical (unpaired) electrons. The number of pyridine rings is 1. The number of hydrogen-bond acceptors (Lipinski definition) is 4. The van der Waals surface area contributed by atoms with Crippen LogP contribution in [0.2, 0.25) is 0 Å². The van der Waals surface area contributed by atoms with E-state index in [2.05, 4.69) is 10.4 Å². The van der Waals surface area contributed by atoms with Gasteiger partial charge < -0.3 is 5.43 Å². The molecular formula is C12H11F2N3S. The second-order valence-electron chi connectivity index (χ2n) is 3.56. The fourth-order valence-corrected chi connectivity index (χ4v) is 2.24. The Hall–Kier alpha value is -1.66. The van der Waals surface area contributed by atoms with Crippen LogP contribution in [0.15, 0.2) is 41.4 Å². The molecule has 2 rings (SSSR count). The highest BCUT2D eigenvalue weighted by Gasteiger charge is 2.05. The summed E-state index contributed by atoms with van der Waals surface area (Å²) in [5.41, 5.74) is 3.32. The van der Waals surface area contributed by atoms with E-state index >= 15 is 0 Å². The molecule has 0 aliphatic rings. The summed E-state index contributed by atoms with van der Waals surface area (Å²) >= 11 is 1.22. The van der Waals surface area contributed by atoms with Crippen molar-refractivity contribution >= 4 is 17.6 Å². The molecule has 1 aromatic carbocycles. The van der Waals surface area contributed by atoms with E-state index in [9.17, 15) is 8.78 Å². The van der Waals surface area contributed by atoms with Gasteiger partial charge in [-0.15, -0.1) is 11.8 Å². The standard InChI is InChI=1S/C12H11F2N3S/c13-9-2-3-10(14)11(5-9)18-7-8-1-4-12(17-15)16-6-8/h1-6H,7,15H2,(H,16,17). The average Bonchev–Trinajstić information content (AvgIpc) is 2.40. The largest absolute Gasteiger partial charge is 0.308 e. The minimum absolute atomic E-state index is 0.288. The Morgan fingerprint density at radius 3 is 2.72 bits per heavy atom. The molecule has 0 fully saturated rings. The fourth-order valence-electron chi connectivity index (χ4n) is 1.34. The summed E-state index contributed by atoms with van der Waals surface area (Å²) in [5.74, 6) is 5.39. The summed E-state index contributed by atoms with van der Waals surface area (Å²) in [7, 11) is 0. The van der Waals surface area contributed by atoms with Gasteiger partial charge in [0.15, 0.2) is 0 Å². The van der Waals surface area contributed by atoms with Crippen molar-refractivity contribution in [3.05, 3.63) is 53.7 Å². The van der Waals surface area contributed by atoms with Crippen LogP contribution in [0.5, 0.6) is 0 Å². The van der Waals surface area contributed by atoms with Crippen LogP contribution in [-0.4, -0.2) is 4.98 Å². The van der Waals surface area contributed by atoms with E-state index < -0.39 is 11.6 Å². The van der Waals surface area contributed by atoms with Crippen molar-refractivity contribution in [2.24, 2.45) is 5.84 Å². The number of nitrogens with zero attached hydrogens (tertiary/aromatic N) is 1. The van der Waals surface area contributed by atoms with E-state index in [-0.39, 0.29) is 4.90 Å². The lowest BCUT2D eigenvalue weighted by atomic mass is 10.3. The molecule has 1 heterocycles. The number of nitrogens with two attached hydrogens (primary N) is 1. The van der Waals surface area contributed by atoms with Crippen molar-refractivity contribution in [2.45, 2.75) is 10.6 Å². The van der Waals surface area contributed by atoms with Crippen molar-refractivity contribution in [3.8, 4) is 0 Å². The van der Waals surface area contributed by atoms with Crippen LogP contribution in [0.3, 0.4) is 0 Å². The lowest BCUT2D eigenvalue weighted by molar-refractivity contribution is 0.577. The molecule has 0 amide bonds. The number of halogens is 2. The minimum Gasteiger partial charge on any atom is -0.308 e. The van der Waals surface area contributed by atoms with Gasteiger partial charge in [0.2, 0.25) is 0 Å². The molecule has 0 saturated heterocycles. The summed E-state index contributed by atoms with van der Waals surface area (Å²) in [6.45, 7) is 0. The molecule has 0 spiro atoms. The van der Waals surface area contributed by atoms with E-state index in [0.717, 1.165) is 17.7 Å². The molecule has 0 saturated carbocycles. The topological polar surface area (TPSA) is 50.9 Å². The van der Waals surface area contributed by atoms with Gasteiger partial charge in [-0.2, -0.15) is 0 Å². The lowest BCUT2D eigenvalue weighted by Crippen LogP contribution is -2.08. The SMILES string of the molecule is NNc1ccc(CSc2cc(F)ccc2F)cn1. The van der Waals surface area contributed by atoms with Crippen LogP contribution in [0.1, 0.15) is 5.56 Å². The Morgan fingerprint density at radius 1 is 1.22 bits per heavy atom. The molecule has 0 aliphatic heterocycles. The summed E-state index contributed by atoms with van der Waals surface area (Å²) in [5, 5.41) is 0. The molecular weight excluding hydrogens is 256 g/mol. The van der Waals surface area contributed by atoms with Gasteiger partial charge in [0.1, 0.15) is 17.5 Å². The van der Waals surface area contributed by atoms with E-state index in [1.165, 1.54) is 17.8 Å². The molecule has 3 N–H and O–H groups in total. The van der Waals surface area contributed by atoms with E-state index in [0.29, 0.717) is 11.6 Å². The molecule has 94 valence electrons. The van der Waals surface area contributed by atoms with E-state index in [1.807, 2.05) is 6.07 Å². The Morgan fingerprint density at radius 2 is 2.06 bits per heavy atom. The van der Waals surface area contributed by atoms with Gasteiger partial charge in [0.25, 0.3) is 0 Å². The number of hydrazine groups is 1. The van der Waals surface area contributed by atoms with Crippen molar-refractivity contribution < 1.29 is 8.78 Å².